The first kappa shape index (κ1) is 12.2. The summed E-state index contributed by atoms with van der Waals surface area (Å²) < 4.78 is 36.4. The SMILES string of the molecule is Cc1cccc(C(=O)C(F)(F)F)c1[N+](=O)[O-]. The van der Waals surface area contributed by atoms with Crippen LogP contribution in [0.15, 0.2) is 18.2 Å². The van der Waals surface area contributed by atoms with Gasteiger partial charge in [0.1, 0.15) is 5.56 Å². The van der Waals surface area contributed by atoms with Gasteiger partial charge in [0.05, 0.1) is 4.92 Å². The summed E-state index contributed by atoms with van der Waals surface area (Å²) in [5.41, 5.74) is -1.72. The fourth-order valence-electron chi connectivity index (χ4n) is 1.24. The first-order valence-corrected chi connectivity index (χ1v) is 4.10. The lowest BCUT2D eigenvalue weighted by Crippen LogP contribution is -2.23. The van der Waals surface area contributed by atoms with E-state index in [1.54, 1.807) is 0 Å². The highest BCUT2D eigenvalue weighted by atomic mass is 19.4. The molecule has 7 heteroatoms. The quantitative estimate of drug-likeness (QED) is 0.448. The molecular weight excluding hydrogens is 227 g/mol. The van der Waals surface area contributed by atoms with Gasteiger partial charge in [-0.1, -0.05) is 12.1 Å². The second-order valence-electron chi connectivity index (χ2n) is 3.06. The minimum atomic E-state index is -5.11. The van der Waals surface area contributed by atoms with Crippen LogP contribution in [0.4, 0.5) is 18.9 Å². The van der Waals surface area contributed by atoms with Gasteiger partial charge < -0.3 is 0 Å². The maximum atomic E-state index is 12.1. The lowest BCUT2D eigenvalue weighted by atomic mass is 10.0. The smallest absolute Gasteiger partial charge is 0.284 e. The number of nitro benzene ring substituents is 1. The molecule has 4 nitrogen and oxygen atoms in total. The summed E-state index contributed by atoms with van der Waals surface area (Å²) in [5.74, 6) is -2.21. The van der Waals surface area contributed by atoms with Crippen LogP contribution in [0, 0.1) is 17.0 Å². The molecule has 1 aromatic rings. The number of benzene rings is 1. The molecular formula is C9H6F3NO3. The van der Waals surface area contributed by atoms with Crippen LogP contribution in [0.3, 0.4) is 0 Å². The van der Waals surface area contributed by atoms with Crippen molar-refractivity contribution < 1.29 is 22.9 Å². The van der Waals surface area contributed by atoms with Gasteiger partial charge in [0, 0.05) is 5.56 Å². The average Bonchev–Trinajstić information content (AvgIpc) is 2.14. The molecule has 0 saturated carbocycles. The summed E-state index contributed by atoms with van der Waals surface area (Å²) >= 11 is 0. The summed E-state index contributed by atoms with van der Waals surface area (Å²) in [5, 5.41) is 10.6. The number of carbonyl (C=O) groups excluding carboxylic acids is 1. The second-order valence-corrected chi connectivity index (χ2v) is 3.06. The third kappa shape index (κ3) is 2.18. The highest BCUT2D eigenvalue weighted by Crippen LogP contribution is 2.29. The Morgan fingerprint density at radius 1 is 1.38 bits per heavy atom. The summed E-state index contributed by atoms with van der Waals surface area (Å²) in [6.07, 6.45) is -5.11. The number of carbonyl (C=O) groups is 1. The molecule has 0 saturated heterocycles. The summed E-state index contributed by atoms with van der Waals surface area (Å²) in [7, 11) is 0. The van der Waals surface area contributed by atoms with E-state index in [1.807, 2.05) is 0 Å². The standard InChI is InChI=1S/C9H6F3NO3/c1-5-3-2-4-6(7(5)13(15)16)8(14)9(10,11)12/h2-4H,1H3. The Hall–Kier alpha value is -1.92. The maximum absolute atomic E-state index is 12.1. The molecule has 0 radical (unpaired) electrons. The Labute approximate surface area is 87.8 Å². The van der Waals surface area contributed by atoms with Crippen LogP contribution < -0.4 is 0 Å². The zero-order valence-corrected chi connectivity index (χ0v) is 8.04. The fourth-order valence-corrected chi connectivity index (χ4v) is 1.24. The number of ketones is 1. The Bertz CT molecular complexity index is 454. The van der Waals surface area contributed by atoms with Crippen LogP contribution in [-0.4, -0.2) is 16.9 Å². The normalized spacial score (nSPS) is 11.2. The molecule has 0 aliphatic rings. The summed E-state index contributed by atoms with van der Waals surface area (Å²) in [4.78, 5) is 20.5. The highest BCUT2D eigenvalue weighted by Gasteiger charge is 2.42. The number of alkyl halides is 3. The molecule has 0 N–H and O–H groups in total. The number of para-hydroxylation sites is 1. The molecule has 0 aromatic heterocycles. The van der Waals surface area contributed by atoms with E-state index in [2.05, 4.69) is 0 Å². The van der Waals surface area contributed by atoms with Gasteiger partial charge in [-0.15, -0.1) is 0 Å². The number of Topliss-reactive ketones (excluding diaryl/α,β-unsaturated/α-hetero) is 1. The zero-order chi connectivity index (χ0) is 12.5. The number of hydrogen-bond acceptors (Lipinski definition) is 3. The molecule has 1 aromatic carbocycles. The van der Waals surface area contributed by atoms with Crippen LogP contribution in [0.25, 0.3) is 0 Å². The highest BCUT2D eigenvalue weighted by molar-refractivity contribution is 6.03. The Morgan fingerprint density at radius 2 is 1.94 bits per heavy atom. The van der Waals surface area contributed by atoms with Crippen molar-refractivity contribution in [1.29, 1.82) is 0 Å². The number of aryl methyl sites for hydroxylation is 1. The van der Waals surface area contributed by atoms with Gasteiger partial charge in [-0.25, -0.2) is 0 Å². The molecule has 0 amide bonds. The van der Waals surface area contributed by atoms with Gasteiger partial charge in [0.25, 0.3) is 11.5 Å². The van der Waals surface area contributed by atoms with Crippen molar-refractivity contribution in [2.75, 3.05) is 0 Å². The van der Waals surface area contributed by atoms with Crippen molar-refractivity contribution >= 4 is 11.5 Å². The minimum Gasteiger partial charge on any atom is -0.284 e. The van der Waals surface area contributed by atoms with E-state index in [0.29, 0.717) is 0 Å². The van der Waals surface area contributed by atoms with Gasteiger partial charge in [-0.3, -0.25) is 14.9 Å². The number of nitro groups is 1. The molecule has 0 spiro atoms. The van der Waals surface area contributed by atoms with E-state index in [4.69, 9.17) is 0 Å². The molecule has 0 unspecified atom stereocenters. The van der Waals surface area contributed by atoms with E-state index in [1.165, 1.54) is 19.1 Å². The zero-order valence-electron chi connectivity index (χ0n) is 8.04. The van der Waals surface area contributed by atoms with Crippen molar-refractivity contribution in [1.82, 2.24) is 0 Å². The molecule has 86 valence electrons. The fraction of sp³-hybridized carbons (Fsp3) is 0.222. The Morgan fingerprint density at radius 3 is 2.38 bits per heavy atom. The lowest BCUT2D eigenvalue weighted by molar-refractivity contribution is -0.385. The van der Waals surface area contributed by atoms with E-state index < -0.39 is 28.1 Å². The average molecular weight is 233 g/mol. The maximum Gasteiger partial charge on any atom is 0.455 e. The van der Waals surface area contributed by atoms with Crippen LogP contribution in [0.1, 0.15) is 15.9 Å². The van der Waals surface area contributed by atoms with Gasteiger partial charge in [0.15, 0.2) is 0 Å². The lowest BCUT2D eigenvalue weighted by Gasteiger charge is -2.06. The molecule has 0 aliphatic heterocycles. The summed E-state index contributed by atoms with van der Waals surface area (Å²) in [6.45, 7) is 1.27. The second kappa shape index (κ2) is 3.92. The molecule has 0 aliphatic carbocycles. The van der Waals surface area contributed by atoms with Crippen molar-refractivity contribution in [3.8, 4) is 0 Å². The number of rotatable bonds is 2. The summed E-state index contributed by atoms with van der Waals surface area (Å²) in [6, 6.07) is 3.23. The van der Waals surface area contributed by atoms with Crippen molar-refractivity contribution in [3.63, 3.8) is 0 Å². The van der Waals surface area contributed by atoms with Crippen LogP contribution in [0.2, 0.25) is 0 Å². The van der Waals surface area contributed by atoms with Crippen molar-refractivity contribution in [3.05, 3.63) is 39.4 Å². The Balaban J connectivity index is 3.40. The minimum absolute atomic E-state index is 0.0140. The monoisotopic (exact) mass is 233 g/mol. The third-order valence-corrected chi connectivity index (χ3v) is 1.92. The number of hydrogen-bond donors (Lipinski definition) is 0. The number of nitrogens with zero attached hydrogens (tertiary/aromatic N) is 1. The molecule has 0 fully saturated rings. The predicted molar refractivity (Wildman–Crippen MR) is 48.2 cm³/mol. The van der Waals surface area contributed by atoms with Gasteiger partial charge in [0.2, 0.25) is 0 Å². The molecule has 0 heterocycles. The van der Waals surface area contributed by atoms with Crippen LogP contribution in [-0.2, 0) is 0 Å². The third-order valence-electron chi connectivity index (χ3n) is 1.92. The van der Waals surface area contributed by atoms with Crippen molar-refractivity contribution in [2.24, 2.45) is 0 Å². The van der Waals surface area contributed by atoms with Gasteiger partial charge >= 0.3 is 6.18 Å². The van der Waals surface area contributed by atoms with E-state index in [-0.39, 0.29) is 5.56 Å². The number of halogens is 3. The molecule has 1 rings (SSSR count). The molecule has 0 atom stereocenters. The van der Waals surface area contributed by atoms with Crippen molar-refractivity contribution in [2.45, 2.75) is 13.1 Å². The van der Waals surface area contributed by atoms with Gasteiger partial charge in [-0.05, 0) is 13.0 Å². The molecule has 0 bridgehead atoms. The van der Waals surface area contributed by atoms with Crippen LogP contribution >= 0.6 is 0 Å². The Kier molecular flexibility index (Phi) is 2.97. The van der Waals surface area contributed by atoms with E-state index in [0.717, 1.165) is 6.07 Å². The van der Waals surface area contributed by atoms with Crippen LogP contribution in [0.5, 0.6) is 0 Å². The first-order valence-electron chi connectivity index (χ1n) is 4.10. The van der Waals surface area contributed by atoms with Gasteiger partial charge in [-0.2, -0.15) is 13.2 Å². The van der Waals surface area contributed by atoms with E-state index in [9.17, 15) is 28.1 Å². The van der Waals surface area contributed by atoms with E-state index >= 15 is 0 Å². The first-order chi connectivity index (χ1) is 7.25. The molecule has 16 heavy (non-hydrogen) atoms. The largest absolute Gasteiger partial charge is 0.455 e. The topological polar surface area (TPSA) is 60.2 Å². The predicted octanol–water partition coefficient (Wildman–Crippen LogP) is 2.65.